The highest BCUT2D eigenvalue weighted by Crippen LogP contribution is 2.26. The first-order valence-electron chi connectivity index (χ1n) is 9.79. The highest BCUT2D eigenvalue weighted by atomic mass is 32.1. The number of pyridine rings is 1. The Morgan fingerprint density at radius 1 is 1.06 bits per heavy atom. The minimum atomic E-state index is -0.421. The van der Waals surface area contributed by atoms with Crippen molar-refractivity contribution in [2.45, 2.75) is 27.7 Å². The summed E-state index contributed by atoms with van der Waals surface area (Å²) in [5.74, 6) is 0.247. The molecule has 0 spiro atoms. The Kier molecular flexibility index (Phi) is 7.19. The Bertz CT molecular complexity index is 1060. The summed E-state index contributed by atoms with van der Waals surface area (Å²) in [6.07, 6.45) is 1.63. The lowest BCUT2D eigenvalue weighted by Gasteiger charge is -2.12. The zero-order valence-corrected chi connectivity index (χ0v) is 18.7. The van der Waals surface area contributed by atoms with Crippen LogP contribution < -0.4 is 20.7 Å². The van der Waals surface area contributed by atoms with E-state index in [2.05, 4.69) is 25.9 Å². The molecule has 9 heteroatoms. The van der Waals surface area contributed by atoms with E-state index in [0.717, 1.165) is 33.7 Å². The maximum atomic E-state index is 12.8. The number of nitrogens with zero attached hydrogens (tertiary/aromatic N) is 2. The third-order valence-electron chi connectivity index (χ3n) is 4.41. The molecule has 0 unspecified atom stereocenters. The molecule has 0 aliphatic carbocycles. The zero-order valence-electron chi connectivity index (χ0n) is 17.9. The van der Waals surface area contributed by atoms with Crippen molar-refractivity contribution in [3.05, 3.63) is 63.8 Å². The molecule has 3 N–H and O–H groups in total. The van der Waals surface area contributed by atoms with Crippen LogP contribution in [0, 0.1) is 27.7 Å². The molecule has 3 aromatic rings. The van der Waals surface area contributed by atoms with E-state index < -0.39 is 6.03 Å². The van der Waals surface area contributed by atoms with Gasteiger partial charge < -0.3 is 15.4 Å². The summed E-state index contributed by atoms with van der Waals surface area (Å²) in [6, 6.07) is 8.99. The van der Waals surface area contributed by atoms with Gasteiger partial charge in [0.05, 0.1) is 12.2 Å². The van der Waals surface area contributed by atoms with E-state index in [9.17, 15) is 9.59 Å². The number of urea groups is 1. The second-order valence-corrected chi connectivity index (χ2v) is 8.06. The lowest BCUT2D eigenvalue weighted by molar-refractivity contribution is 0.102. The fourth-order valence-corrected chi connectivity index (χ4v) is 3.96. The molecule has 162 valence electrons. The number of amides is 3. The number of aromatic nitrogens is 2. The van der Waals surface area contributed by atoms with Crippen LogP contribution in [0.1, 0.15) is 32.1 Å². The van der Waals surface area contributed by atoms with Crippen LogP contribution in [0.3, 0.4) is 0 Å². The average molecular weight is 440 g/mol. The number of benzene rings is 1. The Hall–Kier alpha value is -3.46. The standard InChI is InChI=1S/C22H25N5O3S/c1-13-11-14(2)18(15(3)12-13)26-20(28)19-16(4)25-22(31-19)27-21(29)24-9-10-30-17-7-5-6-8-23-17/h5-8,11-12H,9-10H2,1-4H3,(H,26,28)(H2,24,25,27,29). The summed E-state index contributed by atoms with van der Waals surface area (Å²) >= 11 is 1.13. The predicted octanol–water partition coefficient (Wildman–Crippen LogP) is 4.22. The number of carbonyl (C=O) groups excluding carboxylic acids is 2. The normalized spacial score (nSPS) is 10.5. The molecular weight excluding hydrogens is 414 g/mol. The first kappa shape index (κ1) is 22.2. The minimum absolute atomic E-state index is 0.248. The lowest BCUT2D eigenvalue weighted by Crippen LogP contribution is -2.32. The summed E-state index contributed by atoms with van der Waals surface area (Å²) in [6.45, 7) is 8.26. The quantitative estimate of drug-likeness (QED) is 0.478. The fourth-order valence-electron chi connectivity index (χ4n) is 3.10. The van der Waals surface area contributed by atoms with E-state index in [4.69, 9.17) is 4.74 Å². The maximum Gasteiger partial charge on any atom is 0.321 e. The smallest absolute Gasteiger partial charge is 0.321 e. The van der Waals surface area contributed by atoms with Crippen LogP contribution in [0.15, 0.2) is 36.5 Å². The number of thiazole rings is 1. The second kappa shape index (κ2) is 10.0. The van der Waals surface area contributed by atoms with Crippen molar-refractivity contribution < 1.29 is 14.3 Å². The summed E-state index contributed by atoms with van der Waals surface area (Å²) < 4.78 is 5.42. The van der Waals surface area contributed by atoms with E-state index >= 15 is 0 Å². The van der Waals surface area contributed by atoms with Gasteiger partial charge in [-0.3, -0.25) is 10.1 Å². The van der Waals surface area contributed by atoms with Crippen molar-refractivity contribution in [1.29, 1.82) is 0 Å². The number of nitrogens with one attached hydrogen (secondary N) is 3. The summed E-state index contributed by atoms with van der Waals surface area (Å²) in [5.41, 5.74) is 4.49. The SMILES string of the molecule is Cc1cc(C)c(NC(=O)c2sc(NC(=O)NCCOc3ccccn3)nc2C)c(C)c1. The Morgan fingerprint density at radius 3 is 2.48 bits per heavy atom. The van der Waals surface area contributed by atoms with Gasteiger partial charge in [-0.15, -0.1) is 0 Å². The molecule has 2 aromatic heterocycles. The van der Waals surface area contributed by atoms with Crippen LogP contribution in [0.25, 0.3) is 0 Å². The average Bonchev–Trinajstić information content (AvgIpc) is 3.08. The number of rotatable bonds is 7. The van der Waals surface area contributed by atoms with Crippen molar-refractivity contribution >= 4 is 34.1 Å². The highest BCUT2D eigenvalue weighted by molar-refractivity contribution is 7.17. The van der Waals surface area contributed by atoms with Crippen molar-refractivity contribution in [2.75, 3.05) is 23.8 Å². The summed E-state index contributed by atoms with van der Waals surface area (Å²) in [4.78, 5) is 33.7. The van der Waals surface area contributed by atoms with Gasteiger partial charge in [0.25, 0.3) is 5.91 Å². The van der Waals surface area contributed by atoms with Gasteiger partial charge >= 0.3 is 6.03 Å². The van der Waals surface area contributed by atoms with Crippen molar-refractivity contribution in [3.8, 4) is 5.88 Å². The van der Waals surface area contributed by atoms with E-state index in [1.54, 1.807) is 25.3 Å². The van der Waals surface area contributed by atoms with Crippen molar-refractivity contribution in [2.24, 2.45) is 0 Å². The van der Waals surface area contributed by atoms with Crippen LogP contribution in [0.4, 0.5) is 15.6 Å². The lowest BCUT2D eigenvalue weighted by atomic mass is 10.1. The Labute approximate surface area is 185 Å². The number of anilines is 2. The molecule has 3 amide bonds. The zero-order chi connectivity index (χ0) is 22.4. The molecule has 0 radical (unpaired) electrons. The molecule has 0 aliphatic rings. The first-order chi connectivity index (χ1) is 14.8. The van der Waals surface area contributed by atoms with Gasteiger partial charge in [0.15, 0.2) is 5.13 Å². The molecule has 0 bridgehead atoms. The molecule has 0 saturated carbocycles. The largest absolute Gasteiger partial charge is 0.476 e. The summed E-state index contributed by atoms with van der Waals surface area (Å²) in [5, 5.41) is 8.66. The highest BCUT2D eigenvalue weighted by Gasteiger charge is 2.18. The van der Waals surface area contributed by atoms with Crippen LogP contribution in [-0.4, -0.2) is 35.1 Å². The third kappa shape index (κ3) is 6.02. The summed E-state index contributed by atoms with van der Waals surface area (Å²) in [7, 11) is 0. The number of ether oxygens (including phenoxy) is 1. The topological polar surface area (TPSA) is 105 Å². The van der Waals surface area contributed by atoms with Gasteiger partial charge in [0, 0.05) is 18.0 Å². The van der Waals surface area contributed by atoms with Crippen LogP contribution in [-0.2, 0) is 0 Å². The molecule has 0 saturated heterocycles. The number of aryl methyl sites for hydroxylation is 4. The number of carbonyl (C=O) groups is 2. The number of hydrogen-bond donors (Lipinski definition) is 3. The monoisotopic (exact) mass is 439 g/mol. The van der Waals surface area contributed by atoms with E-state index in [0.29, 0.717) is 28.1 Å². The van der Waals surface area contributed by atoms with Crippen LogP contribution >= 0.6 is 11.3 Å². The van der Waals surface area contributed by atoms with Gasteiger partial charge in [0.2, 0.25) is 5.88 Å². The van der Waals surface area contributed by atoms with E-state index in [-0.39, 0.29) is 12.5 Å². The van der Waals surface area contributed by atoms with Crippen LogP contribution in [0.5, 0.6) is 5.88 Å². The molecule has 0 atom stereocenters. The molecule has 31 heavy (non-hydrogen) atoms. The Balaban J connectivity index is 1.54. The first-order valence-corrected chi connectivity index (χ1v) is 10.6. The molecule has 0 fully saturated rings. The maximum absolute atomic E-state index is 12.8. The van der Waals surface area contributed by atoms with Gasteiger partial charge in [-0.1, -0.05) is 35.1 Å². The predicted molar refractivity (Wildman–Crippen MR) is 122 cm³/mol. The molecule has 1 aromatic carbocycles. The second-order valence-electron chi connectivity index (χ2n) is 7.06. The van der Waals surface area contributed by atoms with E-state index in [1.807, 2.05) is 39.0 Å². The van der Waals surface area contributed by atoms with Crippen molar-refractivity contribution in [1.82, 2.24) is 15.3 Å². The number of hydrogen-bond acceptors (Lipinski definition) is 6. The van der Waals surface area contributed by atoms with Crippen molar-refractivity contribution in [3.63, 3.8) is 0 Å². The fraction of sp³-hybridized carbons (Fsp3) is 0.273. The molecule has 0 aliphatic heterocycles. The van der Waals surface area contributed by atoms with Gasteiger partial charge in [0.1, 0.15) is 11.5 Å². The van der Waals surface area contributed by atoms with E-state index in [1.165, 1.54) is 0 Å². The van der Waals surface area contributed by atoms with Gasteiger partial charge in [-0.05, 0) is 44.9 Å². The van der Waals surface area contributed by atoms with Crippen LogP contribution in [0.2, 0.25) is 0 Å². The molecule has 3 rings (SSSR count). The van der Waals surface area contributed by atoms with Gasteiger partial charge in [-0.25, -0.2) is 14.8 Å². The van der Waals surface area contributed by atoms with Gasteiger partial charge in [-0.2, -0.15) is 0 Å². The minimum Gasteiger partial charge on any atom is -0.476 e. The molecular formula is C22H25N5O3S. The third-order valence-corrected chi connectivity index (χ3v) is 5.49. The molecule has 8 nitrogen and oxygen atoms in total. The molecule has 2 heterocycles. The Morgan fingerprint density at radius 2 is 1.81 bits per heavy atom.